The normalized spacial score (nSPS) is 45.9. The van der Waals surface area contributed by atoms with E-state index < -0.39 is 17.6 Å². The van der Waals surface area contributed by atoms with E-state index in [0.29, 0.717) is 18.4 Å². The molecule has 4 nitrogen and oxygen atoms in total. The summed E-state index contributed by atoms with van der Waals surface area (Å²) in [6, 6.07) is 0. The van der Waals surface area contributed by atoms with Crippen molar-refractivity contribution in [3.05, 3.63) is 11.1 Å². The summed E-state index contributed by atoms with van der Waals surface area (Å²) < 4.78 is 5.43. The Labute approximate surface area is 112 Å². The number of rotatable bonds is 0. The van der Waals surface area contributed by atoms with Crippen LogP contribution in [0.5, 0.6) is 0 Å². The van der Waals surface area contributed by atoms with Gasteiger partial charge in [0.15, 0.2) is 11.9 Å². The number of allylic oxidation sites excluding steroid dienone is 1. The molecule has 0 aromatic heterocycles. The smallest absolute Gasteiger partial charge is 0.312 e. The van der Waals surface area contributed by atoms with Gasteiger partial charge in [0.05, 0.1) is 5.92 Å². The highest BCUT2D eigenvalue weighted by Gasteiger charge is 2.62. The summed E-state index contributed by atoms with van der Waals surface area (Å²) in [5.74, 6) is -0.748. The fraction of sp³-hybridized carbons (Fsp3) is 0.733. The quantitative estimate of drug-likeness (QED) is 0.677. The Balaban J connectivity index is 2.15. The third-order valence-corrected chi connectivity index (χ3v) is 5.51. The summed E-state index contributed by atoms with van der Waals surface area (Å²) in [6.45, 7) is 5.64. The summed E-state index contributed by atoms with van der Waals surface area (Å²) in [4.78, 5) is 23.8. The number of carbonyl (C=O) groups excluding carboxylic acids is 2. The second kappa shape index (κ2) is 3.69. The lowest BCUT2D eigenvalue weighted by Crippen LogP contribution is -2.53. The minimum absolute atomic E-state index is 0.112. The van der Waals surface area contributed by atoms with Gasteiger partial charge < -0.3 is 9.84 Å². The number of Topliss-reactive ketones (excluding diaryl/α,β-unsaturated/α-hetero) is 1. The van der Waals surface area contributed by atoms with Gasteiger partial charge in [0, 0.05) is 6.42 Å². The predicted octanol–water partition coefficient (Wildman–Crippen LogP) is 1.76. The Morgan fingerprint density at radius 3 is 2.63 bits per heavy atom. The molecule has 1 heterocycles. The van der Waals surface area contributed by atoms with Crippen molar-refractivity contribution in [1.82, 2.24) is 0 Å². The lowest BCUT2D eigenvalue weighted by molar-refractivity contribution is -0.144. The average Bonchev–Trinajstić information content (AvgIpc) is 2.59. The zero-order valence-electron chi connectivity index (χ0n) is 11.7. The van der Waals surface area contributed by atoms with Crippen LogP contribution in [-0.4, -0.2) is 28.6 Å². The Morgan fingerprint density at radius 1 is 1.26 bits per heavy atom. The van der Waals surface area contributed by atoms with E-state index in [4.69, 9.17) is 4.74 Å². The first-order valence-corrected chi connectivity index (χ1v) is 6.97. The van der Waals surface area contributed by atoms with Crippen LogP contribution in [0.2, 0.25) is 0 Å². The highest BCUT2D eigenvalue weighted by molar-refractivity contribution is 5.97. The van der Waals surface area contributed by atoms with E-state index in [0.717, 1.165) is 18.4 Å². The SMILES string of the molecule is CC1=C2C3OC(=O)C(C)C3(O)CCC2(C)CCC1=O. The van der Waals surface area contributed by atoms with Crippen LogP contribution in [-0.2, 0) is 14.3 Å². The number of ether oxygens (including phenoxy) is 1. The van der Waals surface area contributed by atoms with Crippen LogP contribution in [0.1, 0.15) is 46.5 Å². The third kappa shape index (κ3) is 1.49. The molecule has 3 aliphatic rings. The molecule has 104 valence electrons. The Morgan fingerprint density at radius 2 is 1.95 bits per heavy atom. The molecule has 0 bridgehead atoms. The van der Waals surface area contributed by atoms with E-state index in [-0.39, 0.29) is 17.2 Å². The molecular weight excluding hydrogens is 244 g/mol. The first-order valence-electron chi connectivity index (χ1n) is 6.97. The van der Waals surface area contributed by atoms with E-state index in [1.165, 1.54) is 0 Å². The van der Waals surface area contributed by atoms with Gasteiger partial charge in [-0.3, -0.25) is 9.59 Å². The van der Waals surface area contributed by atoms with Crippen LogP contribution in [0.15, 0.2) is 11.1 Å². The Kier molecular flexibility index (Phi) is 2.50. The first kappa shape index (κ1) is 12.9. The van der Waals surface area contributed by atoms with Crippen LogP contribution >= 0.6 is 0 Å². The van der Waals surface area contributed by atoms with Crippen molar-refractivity contribution in [2.24, 2.45) is 11.3 Å². The summed E-state index contributed by atoms with van der Waals surface area (Å²) >= 11 is 0. The molecule has 0 radical (unpaired) electrons. The lowest BCUT2D eigenvalue weighted by atomic mass is 9.58. The summed E-state index contributed by atoms with van der Waals surface area (Å²) in [5.41, 5.74) is 0.318. The minimum atomic E-state index is -1.13. The van der Waals surface area contributed by atoms with Crippen molar-refractivity contribution in [3.63, 3.8) is 0 Å². The lowest BCUT2D eigenvalue weighted by Gasteiger charge is -2.48. The number of aliphatic hydroxyl groups is 1. The maximum atomic E-state index is 12.0. The zero-order chi connectivity index (χ0) is 14.0. The van der Waals surface area contributed by atoms with Crippen molar-refractivity contribution >= 4 is 11.8 Å². The highest BCUT2D eigenvalue weighted by Crippen LogP contribution is 2.56. The number of fused-ring (bicyclic) bond motifs is 3. The fourth-order valence-electron chi connectivity index (χ4n) is 3.97. The monoisotopic (exact) mass is 264 g/mol. The van der Waals surface area contributed by atoms with Gasteiger partial charge in [0.2, 0.25) is 0 Å². The standard InChI is InChI=1S/C15H20O4/c1-8-10(16)4-5-14(3)6-7-15(18)9(2)13(17)19-12(15)11(8)14/h9,12,18H,4-7H2,1-3H3. The first-order chi connectivity index (χ1) is 8.79. The number of hydrogen-bond acceptors (Lipinski definition) is 4. The molecule has 0 amide bonds. The molecule has 1 saturated carbocycles. The zero-order valence-corrected chi connectivity index (χ0v) is 11.7. The van der Waals surface area contributed by atoms with E-state index >= 15 is 0 Å². The van der Waals surface area contributed by atoms with Crippen LogP contribution in [0, 0.1) is 11.3 Å². The third-order valence-electron chi connectivity index (χ3n) is 5.51. The topological polar surface area (TPSA) is 63.6 Å². The van der Waals surface area contributed by atoms with Crippen LogP contribution in [0.4, 0.5) is 0 Å². The second-order valence-corrected chi connectivity index (χ2v) is 6.55. The number of carbonyl (C=O) groups is 2. The van der Waals surface area contributed by atoms with Crippen LogP contribution in [0.3, 0.4) is 0 Å². The van der Waals surface area contributed by atoms with Crippen molar-refractivity contribution in [2.45, 2.75) is 58.2 Å². The van der Waals surface area contributed by atoms with Crippen LogP contribution in [0.25, 0.3) is 0 Å². The van der Waals surface area contributed by atoms with Crippen LogP contribution < -0.4 is 0 Å². The van der Waals surface area contributed by atoms with Crippen molar-refractivity contribution in [2.75, 3.05) is 0 Å². The van der Waals surface area contributed by atoms with Gasteiger partial charge in [-0.15, -0.1) is 0 Å². The average molecular weight is 264 g/mol. The van der Waals surface area contributed by atoms with Gasteiger partial charge in [0.1, 0.15) is 5.60 Å². The van der Waals surface area contributed by atoms with Gasteiger partial charge in [-0.1, -0.05) is 6.92 Å². The molecule has 0 aromatic carbocycles. The number of esters is 1. The molecule has 2 fully saturated rings. The molecule has 4 unspecified atom stereocenters. The van der Waals surface area contributed by atoms with Crippen molar-refractivity contribution in [1.29, 1.82) is 0 Å². The van der Waals surface area contributed by atoms with E-state index in [1.54, 1.807) is 13.8 Å². The molecule has 0 spiro atoms. The van der Waals surface area contributed by atoms with Gasteiger partial charge in [-0.25, -0.2) is 0 Å². The van der Waals surface area contributed by atoms with Gasteiger partial charge in [0.25, 0.3) is 0 Å². The molecule has 2 aliphatic carbocycles. The van der Waals surface area contributed by atoms with E-state index in [2.05, 4.69) is 6.92 Å². The van der Waals surface area contributed by atoms with E-state index in [1.807, 2.05) is 0 Å². The molecule has 19 heavy (non-hydrogen) atoms. The van der Waals surface area contributed by atoms with E-state index in [9.17, 15) is 14.7 Å². The summed E-state index contributed by atoms with van der Waals surface area (Å²) in [6.07, 6.45) is 2.09. The molecule has 4 heteroatoms. The fourth-order valence-corrected chi connectivity index (χ4v) is 3.97. The van der Waals surface area contributed by atoms with Crippen molar-refractivity contribution < 1.29 is 19.4 Å². The molecule has 0 aromatic rings. The summed E-state index contributed by atoms with van der Waals surface area (Å²) in [5, 5.41) is 10.8. The highest BCUT2D eigenvalue weighted by atomic mass is 16.6. The predicted molar refractivity (Wildman–Crippen MR) is 68.3 cm³/mol. The molecule has 1 aliphatic heterocycles. The number of hydrogen-bond donors (Lipinski definition) is 1. The van der Waals surface area contributed by atoms with Crippen molar-refractivity contribution in [3.8, 4) is 0 Å². The minimum Gasteiger partial charge on any atom is -0.454 e. The largest absolute Gasteiger partial charge is 0.454 e. The maximum Gasteiger partial charge on any atom is 0.312 e. The molecular formula is C15H20O4. The van der Waals surface area contributed by atoms with Gasteiger partial charge >= 0.3 is 5.97 Å². The molecule has 3 rings (SSSR count). The molecule has 1 N–H and O–H groups in total. The van der Waals surface area contributed by atoms with Gasteiger partial charge in [-0.05, 0) is 49.7 Å². The maximum absolute atomic E-state index is 12.0. The Hall–Kier alpha value is -1.16. The molecule has 1 saturated heterocycles. The summed E-state index contributed by atoms with van der Waals surface area (Å²) in [7, 11) is 0. The van der Waals surface area contributed by atoms with Gasteiger partial charge in [-0.2, -0.15) is 0 Å². The molecule has 4 atom stereocenters. The Bertz CT molecular complexity index is 506. The second-order valence-electron chi connectivity index (χ2n) is 6.55. The number of ketones is 1.